The average molecular weight is 285 g/mol. The van der Waals surface area contributed by atoms with Crippen LogP contribution in [0.25, 0.3) is 11.4 Å². The Morgan fingerprint density at radius 3 is 2.81 bits per heavy atom. The zero-order valence-corrected chi connectivity index (χ0v) is 12.9. The molecule has 1 aliphatic rings. The van der Waals surface area contributed by atoms with Gasteiger partial charge in [-0.05, 0) is 58.3 Å². The molecule has 21 heavy (non-hydrogen) atoms. The molecule has 112 valence electrons. The molecule has 3 heterocycles. The van der Waals surface area contributed by atoms with Crippen LogP contribution in [0.5, 0.6) is 0 Å². The van der Waals surface area contributed by atoms with E-state index in [0.29, 0.717) is 0 Å². The maximum atomic E-state index is 4.80. The lowest BCUT2D eigenvalue weighted by Gasteiger charge is -2.28. The molecule has 3 rings (SSSR count). The minimum atomic E-state index is 0.738. The number of nitrogens with zero attached hydrogens (tertiary/aromatic N) is 5. The molecule has 0 unspecified atom stereocenters. The summed E-state index contributed by atoms with van der Waals surface area (Å²) in [5.41, 5.74) is 3.08. The SMILES string of the molecule is CCn1nccc1-c1cncc(CC2CCN(C)CC2)n1. The fourth-order valence-electron chi connectivity index (χ4n) is 2.99. The number of hydrogen-bond acceptors (Lipinski definition) is 4. The van der Waals surface area contributed by atoms with Crippen molar-refractivity contribution in [1.29, 1.82) is 0 Å². The Kier molecular flexibility index (Phi) is 4.29. The molecule has 0 spiro atoms. The first-order valence-corrected chi connectivity index (χ1v) is 7.78. The van der Waals surface area contributed by atoms with Crippen molar-refractivity contribution in [3.05, 3.63) is 30.4 Å². The molecule has 5 nitrogen and oxygen atoms in total. The molecule has 0 aliphatic carbocycles. The number of hydrogen-bond donors (Lipinski definition) is 0. The van der Waals surface area contributed by atoms with Crippen molar-refractivity contribution in [1.82, 2.24) is 24.6 Å². The van der Waals surface area contributed by atoms with Crippen molar-refractivity contribution in [3.8, 4) is 11.4 Å². The van der Waals surface area contributed by atoms with E-state index in [0.717, 1.165) is 36.0 Å². The van der Waals surface area contributed by atoms with Crippen LogP contribution in [0, 0.1) is 5.92 Å². The predicted octanol–water partition coefficient (Wildman–Crippen LogP) is 2.24. The van der Waals surface area contributed by atoms with Gasteiger partial charge < -0.3 is 4.90 Å². The van der Waals surface area contributed by atoms with E-state index in [9.17, 15) is 0 Å². The van der Waals surface area contributed by atoms with Crippen LogP contribution in [0.1, 0.15) is 25.5 Å². The summed E-state index contributed by atoms with van der Waals surface area (Å²) in [5, 5.41) is 4.31. The lowest BCUT2D eigenvalue weighted by Crippen LogP contribution is -2.31. The van der Waals surface area contributed by atoms with E-state index in [1.165, 1.54) is 25.9 Å². The van der Waals surface area contributed by atoms with Crippen molar-refractivity contribution in [2.75, 3.05) is 20.1 Å². The van der Waals surface area contributed by atoms with E-state index in [1.807, 2.05) is 29.3 Å². The first kappa shape index (κ1) is 14.2. The molecule has 1 saturated heterocycles. The third kappa shape index (κ3) is 3.29. The zero-order chi connectivity index (χ0) is 14.7. The van der Waals surface area contributed by atoms with Crippen LogP contribution in [0.15, 0.2) is 24.7 Å². The number of piperidine rings is 1. The van der Waals surface area contributed by atoms with Gasteiger partial charge in [-0.1, -0.05) is 0 Å². The Morgan fingerprint density at radius 1 is 1.24 bits per heavy atom. The van der Waals surface area contributed by atoms with Crippen molar-refractivity contribution < 1.29 is 0 Å². The Bertz CT molecular complexity index is 584. The largest absolute Gasteiger partial charge is 0.306 e. The molecule has 0 aromatic carbocycles. The quantitative estimate of drug-likeness (QED) is 0.864. The number of likely N-dealkylation sites (tertiary alicyclic amines) is 1. The molecule has 5 heteroatoms. The Balaban J connectivity index is 1.74. The van der Waals surface area contributed by atoms with Crippen LogP contribution in [0.3, 0.4) is 0 Å². The van der Waals surface area contributed by atoms with Gasteiger partial charge in [0.2, 0.25) is 0 Å². The maximum absolute atomic E-state index is 4.80. The molecular weight excluding hydrogens is 262 g/mol. The zero-order valence-electron chi connectivity index (χ0n) is 12.9. The fourth-order valence-corrected chi connectivity index (χ4v) is 2.99. The lowest BCUT2D eigenvalue weighted by molar-refractivity contribution is 0.218. The summed E-state index contributed by atoms with van der Waals surface area (Å²) in [7, 11) is 2.20. The highest BCUT2D eigenvalue weighted by molar-refractivity contribution is 5.52. The van der Waals surface area contributed by atoms with Crippen LogP contribution >= 0.6 is 0 Å². The smallest absolute Gasteiger partial charge is 0.107 e. The third-order valence-electron chi connectivity index (χ3n) is 4.30. The van der Waals surface area contributed by atoms with Crippen LogP contribution in [-0.4, -0.2) is 44.8 Å². The fraction of sp³-hybridized carbons (Fsp3) is 0.562. The second-order valence-corrected chi connectivity index (χ2v) is 5.88. The van der Waals surface area contributed by atoms with E-state index in [-0.39, 0.29) is 0 Å². The molecular formula is C16H23N5. The van der Waals surface area contributed by atoms with E-state index in [4.69, 9.17) is 4.98 Å². The van der Waals surface area contributed by atoms with Crippen molar-refractivity contribution in [3.63, 3.8) is 0 Å². The average Bonchev–Trinajstić information content (AvgIpc) is 2.98. The molecule has 1 aliphatic heterocycles. The molecule has 0 radical (unpaired) electrons. The van der Waals surface area contributed by atoms with Crippen LogP contribution < -0.4 is 0 Å². The molecule has 2 aromatic rings. The van der Waals surface area contributed by atoms with Crippen molar-refractivity contribution in [2.45, 2.75) is 32.7 Å². The third-order valence-corrected chi connectivity index (χ3v) is 4.30. The first-order chi connectivity index (χ1) is 10.3. The van der Waals surface area contributed by atoms with E-state index < -0.39 is 0 Å². The van der Waals surface area contributed by atoms with Crippen LogP contribution in [-0.2, 0) is 13.0 Å². The van der Waals surface area contributed by atoms with E-state index in [1.54, 1.807) is 0 Å². The first-order valence-electron chi connectivity index (χ1n) is 7.78. The molecule has 0 atom stereocenters. The topological polar surface area (TPSA) is 46.8 Å². The number of rotatable bonds is 4. The number of aryl methyl sites for hydroxylation is 1. The van der Waals surface area contributed by atoms with E-state index >= 15 is 0 Å². The summed E-state index contributed by atoms with van der Waals surface area (Å²) in [5.74, 6) is 0.738. The second kappa shape index (κ2) is 6.35. The predicted molar refractivity (Wildman–Crippen MR) is 82.9 cm³/mol. The monoisotopic (exact) mass is 285 g/mol. The van der Waals surface area contributed by atoms with Gasteiger partial charge in [0.15, 0.2) is 0 Å². The minimum absolute atomic E-state index is 0.738. The lowest BCUT2D eigenvalue weighted by atomic mass is 9.92. The van der Waals surface area contributed by atoms with Gasteiger partial charge in [-0.25, -0.2) is 4.98 Å². The van der Waals surface area contributed by atoms with Gasteiger partial charge >= 0.3 is 0 Å². The summed E-state index contributed by atoms with van der Waals surface area (Å²) in [6.07, 6.45) is 9.12. The Morgan fingerprint density at radius 2 is 2.05 bits per heavy atom. The highest BCUT2D eigenvalue weighted by atomic mass is 15.3. The van der Waals surface area contributed by atoms with Gasteiger partial charge in [-0.3, -0.25) is 9.67 Å². The van der Waals surface area contributed by atoms with Crippen molar-refractivity contribution >= 4 is 0 Å². The number of aromatic nitrogens is 4. The highest BCUT2D eigenvalue weighted by Crippen LogP contribution is 2.21. The molecule has 0 amide bonds. The summed E-state index contributed by atoms with van der Waals surface area (Å²) < 4.78 is 1.96. The summed E-state index contributed by atoms with van der Waals surface area (Å²) >= 11 is 0. The standard InChI is InChI=1S/C16H23N5/c1-3-21-16(4-7-18-21)15-12-17-11-14(19-15)10-13-5-8-20(2)9-6-13/h4,7,11-13H,3,5-6,8-10H2,1-2H3. The molecule has 0 bridgehead atoms. The van der Waals surface area contributed by atoms with Gasteiger partial charge in [0.1, 0.15) is 5.69 Å². The molecule has 2 aromatic heterocycles. The van der Waals surface area contributed by atoms with Crippen molar-refractivity contribution in [2.24, 2.45) is 5.92 Å². The highest BCUT2D eigenvalue weighted by Gasteiger charge is 2.18. The van der Waals surface area contributed by atoms with Gasteiger partial charge in [-0.2, -0.15) is 5.10 Å². The van der Waals surface area contributed by atoms with Crippen LogP contribution in [0.4, 0.5) is 0 Å². The molecule has 0 N–H and O–H groups in total. The molecule has 1 fully saturated rings. The van der Waals surface area contributed by atoms with Gasteiger partial charge in [0.25, 0.3) is 0 Å². The van der Waals surface area contributed by atoms with Crippen LogP contribution in [0.2, 0.25) is 0 Å². The summed E-state index contributed by atoms with van der Waals surface area (Å²) in [6, 6.07) is 2.01. The summed E-state index contributed by atoms with van der Waals surface area (Å²) in [4.78, 5) is 11.6. The van der Waals surface area contributed by atoms with E-state index in [2.05, 4.69) is 29.0 Å². The Hall–Kier alpha value is -1.75. The van der Waals surface area contributed by atoms with Gasteiger partial charge in [0.05, 0.1) is 17.6 Å². The minimum Gasteiger partial charge on any atom is -0.306 e. The second-order valence-electron chi connectivity index (χ2n) is 5.88. The Labute approximate surface area is 126 Å². The normalized spacial score (nSPS) is 17.2. The van der Waals surface area contributed by atoms with Gasteiger partial charge in [0, 0.05) is 18.9 Å². The maximum Gasteiger partial charge on any atom is 0.107 e. The summed E-state index contributed by atoms with van der Waals surface area (Å²) in [6.45, 7) is 5.33. The van der Waals surface area contributed by atoms with Gasteiger partial charge in [-0.15, -0.1) is 0 Å². The molecule has 0 saturated carbocycles.